The number of nitriles is 1. The number of ether oxygens (including phenoxy) is 3. The van der Waals surface area contributed by atoms with Gasteiger partial charge < -0.3 is 14.2 Å². The molecule has 2 aromatic carbocycles. The van der Waals surface area contributed by atoms with Crippen molar-refractivity contribution in [2.75, 3.05) is 21.3 Å². The molecule has 25 heavy (non-hydrogen) atoms. The van der Waals surface area contributed by atoms with Crippen LogP contribution in [0.2, 0.25) is 0 Å². The van der Waals surface area contributed by atoms with Gasteiger partial charge >= 0.3 is 0 Å². The summed E-state index contributed by atoms with van der Waals surface area (Å²) in [6, 6.07) is 11.3. The van der Waals surface area contributed by atoms with E-state index in [0.717, 1.165) is 0 Å². The lowest BCUT2D eigenvalue weighted by Crippen LogP contribution is -1.96. The van der Waals surface area contributed by atoms with Gasteiger partial charge in [0.15, 0.2) is 11.5 Å². The Labute approximate surface area is 144 Å². The largest absolute Gasteiger partial charge is 0.493 e. The van der Waals surface area contributed by atoms with Gasteiger partial charge in [-0.2, -0.15) is 5.26 Å². The molecule has 0 aliphatic heterocycles. The number of nitrogens with zero attached hydrogens (tertiary/aromatic N) is 2. The van der Waals surface area contributed by atoms with Gasteiger partial charge in [0.2, 0.25) is 5.75 Å². The maximum atomic E-state index is 10.9. The van der Waals surface area contributed by atoms with Crippen molar-refractivity contribution < 1.29 is 19.1 Å². The second-order valence-electron chi connectivity index (χ2n) is 4.94. The van der Waals surface area contributed by atoms with Crippen molar-refractivity contribution in [1.82, 2.24) is 0 Å². The fourth-order valence-electron chi connectivity index (χ4n) is 2.32. The summed E-state index contributed by atoms with van der Waals surface area (Å²) in [7, 11) is 4.49. The van der Waals surface area contributed by atoms with Crippen LogP contribution in [0, 0.1) is 21.4 Å². The van der Waals surface area contributed by atoms with Gasteiger partial charge in [-0.05, 0) is 29.3 Å². The molecule has 0 spiro atoms. The Balaban J connectivity index is 2.55. The second kappa shape index (κ2) is 7.84. The second-order valence-corrected chi connectivity index (χ2v) is 4.94. The Morgan fingerprint density at radius 3 is 2.24 bits per heavy atom. The fraction of sp³-hybridized carbons (Fsp3) is 0.167. The highest BCUT2D eigenvalue weighted by Crippen LogP contribution is 2.39. The molecule has 0 unspecified atom stereocenters. The smallest absolute Gasteiger partial charge is 0.270 e. The number of benzene rings is 2. The van der Waals surface area contributed by atoms with E-state index in [2.05, 4.69) is 6.07 Å². The Morgan fingerprint density at radius 2 is 1.76 bits per heavy atom. The number of nitro groups is 1. The molecule has 0 fully saturated rings. The molecular formula is C18H16N2O5. The molecule has 0 saturated carbocycles. The van der Waals surface area contributed by atoms with Crippen LogP contribution in [0.15, 0.2) is 36.4 Å². The predicted octanol–water partition coefficient (Wildman–Crippen LogP) is 3.68. The number of nitro benzene ring substituents is 1. The third-order valence-electron chi connectivity index (χ3n) is 3.49. The highest BCUT2D eigenvalue weighted by Gasteiger charge is 2.14. The van der Waals surface area contributed by atoms with Gasteiger partial charge in [0, 0.05) is 12.1 Å². The van der Waals surface area contributed by atoms with Crippen molar-refractivity contribution in [3.63, 3.8) is 0 Å². The third-order valence-corrected chi connectivity index (χ3v) is 3.49. The van der Waals surface area contributed by atoms with E-state index in [0.29, 0.717) is 28.4 Å². The van der Waals surface area contributed by atoms with Crippen LogP contribution in [0.1, 0.15) is 11.1 Å². The molecule has 0 aliphatic carbocycles. The van der Waals surface area contributed by atoms with Gasteiger partial charge in [-0.25, -0.2) is 0 Å². The minimum Gasteiger partial charge on any atom is -0.493 e. The average molecular weight is 340 g/mol. The molecule has 0 N–H and O–H groups in total. The third kappa shape index (κ3) is 3.87. The number of methoxy groups -OCH3 is 3. The molecule has 0 bridgehead atoms. The predicted molar refractivity (Wildman–Crippen MR) is 92.7 cm³/mol. The molecule has 0 heterocycles. The van der Waals surface area contributed by atoms with E-state index in [1.54, 1.807) is 24.3 Å². The number of non-ortho nitro benzene ring substituents is 1. The molecule has 0 radical (unpaired) electrons. The van der Waals surface area contributed by atoms with Gasteiger partial charge in [-0.3, -0.25) is 10.1 Å². The monoisotopic (exact) mass is 340 g/mol. The average Bonchev–Trinajstić information content (AvgIpc) is 2.65. The zero-order chi connectivity index (χ0) is 18.4. The van der Waals surface area contributed by atoms with Crippen LogP contribution in [-0.2, 0) is 0 Å². The standard InChI is InChI=1S/C18H16N2O5/c1-23-16-8-12(9-17(24-2)18(16)25-3)7-14(11-19)13-5-4-6-15(10-13)20(21)22/h4-10H,1-3H3/b14-7-. The van der Waals surface area contributed by atoms with E-state index in [1.165, 1.54) is 39.5 Å². The molecule has 7 nitrogen and oxygen atoms in total. The van der Waals surface area contributed by atoms with E-state index in [1.807, 2.05) is 0 Å². The normalized spacial score (nSPS) is 10.7. The van der Waals surface area contributed by atoms with Crippen LogP contribution < -0.4 is 14.2 Å². The maximum Gasteiger partial charge on any atom is 0.270 e. The molecule has 2 aromatic rings. The summed E-state index contributed by atoms with van der Waals surface area (Å²) in [4.78, 5) is 10.4. The first kappa shape index (κ1) is 17.8. The number of rotatable bonds is 6. The molecule has 0 saturated heterocycles. The molecule has 2 rings (SSSR count). The fourth-order valence-corrected chi connectivity index (χ4v) is 2.32. The molecule has 0 aliphatic rings. The van der Waals surface area contributed by atoms with E-state index in [4.69, 9.17) is 14.2 Å². The van der Waals surface area contributed by atoms with Crippen LogP contribution in [0.3, 0.4) is 0 Å². The first-order valence-electron chi connectivity index (χ1n) is 7.20. The zero-order valence-electron chi connectivity index (χ0n) is 14.0. The summed E-state index contributed by atoms with van der Waals surface area (Å²) in [5, 5.41) is 20.4. The van der Waals surface area contributed by atoms with Crippen LogP contribution in [-0.4, -0.2) is 26.3 Å². The highest BCUT2D eigenvalue weighted by molar-refractivity contribution is 5.90. The zero-order valence-corrected chi connectivity index (χ0v) is 14.0. The van der Waals surface area contributed by atoms with Gasteiger partial charge in [0.05, 0.1) is 37.9 Å². The van der Waals surface area contributed by atoms with E-state index in [9.17, 15) is 15.4 Å². The number of hydrogen-bond acceptors (Lipinski definition) is 6. The Bertz CT molecular complexity index is 843. The lowest BCUT2D eigenvalue weighted by atomic mass is 10.0. The summed E-state index contributed by atoms with van der Waals surface area (Å²) in [6.45, 7) is 0. The van der Waals surface area contributed by atoms with Gasteiger partial charge in [-0.15, -0.1) is 0 Å². The van der Waals surface area contributed by atoms with Crippen molar-refractivity contribution >= 4 is 17.3 Å². The molecule has 0 amide bonds. The van der Waals surface area contributed by atoms with Crippen LogP contribution >= 0.6 is 0 Å². The number of allylic oxidation sites excluding steroid dienone is 1. The topological polar surface area (TPSA) is 94.6 Å². The molecular weight excluding hydrogens is 324 g/mol. The maximum absolute atomic E-state index is 10.9. The summed E-state index contributed by atoms with van der Waals surface area (Å²) >= 11 is 0. The summed E-state index contributed by atoms with van der Waals surface area (Å²) in [5.41, 5.74) is 1.28. The van der Waals surface area contributed by atoms with Crippen molar-refractivity contribution in [2.24, 2.45) is 0 Å². The minimum absolute atomic E-state index is 0.0801. The molecule has 7 heteroatoms. The molecule has 0 atom stereocenters. The van der Waals surface area contributed by atoms with E-state index >= 15 is 0 Å². The quantitative estimate of drug-likeness (QED) is 0.344. The minimum atomic E-state index is -0.502. The Morgan fingerprint density at radius 1 is 1.12 bits per heavy atom. The summed E-state index contributed by atoms with van der Waals surface area (Å²) in [6.07, 6.45) is 1.60. The van der Waals surface area contributed by atoms with Crippen molar-refractivity contribution in [3.05, 3.63) is 57.6 Å². The van der Waals surface area contributed by atoms with Crippen molar-refractivity contribution in [2.45, 2.75) is 0 Å². The van der Waals surface area contributed by atoms with Gasteiger partial charge in [-0.1, -0.05) is 12.1 Å². The summed E-state index contributed by atoms with van der Waals surface area (Å²) in [5.74, 6) is 1.34. The molecule has 128 valence electrons. The first-order valence-corrected chi connectivity index (χ1v) is 7.20. The Kier molecular flexibility index (Phi) is 5.58. The highest BCUT2D eigenvalue weighted by atomic mass is 16.6. The van der Waals surface area contributed by atoms with Crippen LogP contribution in [0.25, 0.3) is 11.6 Å². The van der Waals surface area contributed by atoms with Crippen molar-refractivity contribution in [1.29, 1.82) is 5.26 Å². The molecule has 0 aromatic heterocycles. The summed E-state index contributed by atoms with van der Waals surface area (Å²) < 4.78 is 15.8. The van der Waals surface area contributed by atoms with Crippen LogP contribution in [0.4, 0.5) is 5.69 Å². The van der Waals surface area contributed by atoms with E-state index < -0.39 is 4.92 Å². The number of hydrogen-bond donors (Lipinski definition) is 0. The Hall–Kier alpha value is -3.53. The lowest BCUT2D eigenvalue weighted by molar-refractivity contribution is -0.384. The lowest BCUT2D eigenvalue weighted by Gasteiger charge is -2.13. The van der Waals surface area contributed by atoms with Gasteiger partial charge in [0.25, 0.3) is 5.69 Å². The van der Waals surface area contributed by atoms with Crippen molar-refractivity contribution in [3.8, 4) is 23.3 Å². The van der Waals surface area contributed by atoms with E-state index in [-0.39, 0.29) is 11.3 Å². The SMILES string of the molecule is COc1cc(/C=C(/C#N)c2cccc([N+](=O)[O-])c2)cc(OC)c1OC. The first-order chi connectivity index (χ1) is 12.0. The van der Waals surface area contributed by atoms with Gasteiger partial charge in [0.1, 0.15) is 0 Å². The van der Waals surface area contributed by atoms with Crippen LogP contribution in [0.5, 0.6) is 17.2 Å².